The summed E-state index contributed by atoms with van der Waals surface area (Å²) >= 11 is 0. The predicted molar refractivity (Wildman–Crippen MR) is 99.2 cm³/mol. The Bertz CT molecular complexity index is 943. The number of nitrogens with zero attached hydrogens (tertiary/aromatic N) is 4. The van der Waals surface area contributed by atoms with Gasteiger partial charge in [-0.25, -0.2) is 4.79 Å². The van der Waals surface area contributed by atoms with Crippen LogP contribution in [0.15, 0.2) is 39.9 Å². The van der Waals surface area contributed by atoms with Crippen LogP contribution in [-0.4, -0.2) is 39.2 Å². The Labute approximate surface area is 151 Å². The van der Waals surface area contributed by atoms with E-state index in [-0.39, 0.29) is 23.0 Å². The molecule has 0 spiro atoms. The van der Waals surface area contributed by atoms with E-state index in [0.717, 1.165) is 10.1 Å². The summed E-state index contributed by atoms with van der Waals surface area (Å²) in [6.45, 7) is 4.90. The van der Waals surface area contributed by atoms with E-state index in [1.54, 1.807) is 23.6 Å². The molecule has 0 aliphatic heterocycles. The van der Waals surface area contributed by atoms with Crippen molar-refractivity contribution in [2.75, 3.05) is 20.6 Å². The number of hydrogen-bond acceptors (Lipinski definition) is 4. The van der Waals surface area contributed by atoms with Gasteiger partial charge in [-0.1, -0.05) is 12.1 Å². The fraction of sp³-hybridized carbons (Fsp3) is 0.444. The molecule has 26 heavy (non-hydrogen) atoms. The number of aromatic nitrogens is 2. The van der Waals surface area contributed by atoms with Gasteiger partial charge in [-0.15, -0.1) is 0 Å². The summed E-state index contributed by atoms with van der Waals surface area (Å²) in [6.07, 6.45) is 0. The molecule has 1 aromatic carbocycles. The zero-order chi connectivity index (χ0) is 19.6. The molecule has 0 N–H and O–H groups in total. The Hall–Kier alpha value is -2.74. The molecule has 0 unspecified atom stereocenters. The van der Waals surface area contributed by atoms with E-state index < -0.39 is 4.92 Å². The number of benzene rings is 1. The van der Waals surface area contributed by atoms with Crippen molar-refractivity contribution in [2.45, 2.75) is 26.4 Å². The maximum absolute atomic E-state index is 12.5. The third kappa shape index (κ3) is 4.26. The lowest BCUT2D eigenvalue weighted by molar-refractivity contribution is -0.905. The second-order valence-electron chi connectivity index (χ2n) is 7.39. The van der Waals surface area contributed by atoms with Gasteiger partial charge in [0, 0.05) is 36.5 Å². The normalized spacial score (nSPS) is 12.8. The van der Waals surface area contributed by atoms with Crippen LogP contribution in [0.5, 0.6) is 0 Å². The van der Waals surface area contributed by atoms with Crippen molar-refractivity contribution in [3.05, 3.63) is 72.5 Å². The molecule has 8 nitrogen and oxygen atoms in total. The van der Waals surface area contributed by atoms with Gasteiger partial charge < -0.3 is 4.48 Å². The summed E-state index contributed by atoms with van der Waals surface area (Å²) in [5.41, 5.74) is 0.904. The molecule has 8 heteroatoms. The molecule has 0 saturated carbocycles. The number of non-ortho nitro benzene ring substituents is 1. The molecule has 2 aromatic rings. The Morgan fingerprint density at radius 1 is 1.23 bits per heavy atom. The lowest BCUT2D eigenvalue weighted by Crippen LogP contribution is -2.47. The van der Waals surface area contributed by atoms with E-state index in [9.17, 15) is 19.7 Å². The number of nitro groups is 1. The average molecular weight is 361 g/mol. The number of nitro benzene ring substituents is 1. The largest absolute Gasteiger partial charge is 0.331 e. The van der Waals surface area contributed by atoms with Crippen molar-refractivity contribution in [1.29, 1.82) is 0 Å². The minimum atomic E-state index is -0.403. The summed E-state index contributed by atoms with van der Waals surface area (Å²) in [7, 11) is 5.49. The molecule has 0 saturated heterocycles. The van der Waals surface area contributed by atoms with Crippen LogP contribution in [-0.2, 0) is 13.6 Å². The standard InChI is InChI=1S/C18H25N4O4/c1-13-9-17(23)19(3)18(24)20(13)14(2)11-22(4,5)12-15-7-6-8-16(10-15)21(25)26/h6-10,14H,11-12H2,1-5H3/q+1/t14-/m1/s1. The summed E-state index contributed by atoms with van der Waals surface area (Å²) in [6, 6.07) is 7.91. The first-order chi connectivity index (χ1) is 12.0. The van der Waals surface area contributed by atoms with Gasteiger partial charge in [0.2, 0.25) is 0 Å². The third-order valence-electron chi connectivity index (χ3n) is 4.47. The van der Waals surface area contributed by atoms with Crippen molar-refractivity contribution >= 4 is 5.69 Å². The molecular formula is C18H25N4O4+. The fourth-order valence-corrected chi connectivity index (χ4v) is 3.41. The molecule has 0 aliphatic rings. The highest BCUT2D eigenvalue weighted by Gasteiger charge is 2.24. The van der Waals surface area contributed by atoms with Gasteiger partial charge in [0.05, 0.1) is 31.6 Å². The van der Waals surface area contributed by atoms with Crippen molar-refractivity contribution in [3.8, 4) is 0 Å². The van der Waals surface area contributed by atoms with Gasteiger partial charge in [0.15, 0.2) is 0 Å². The van der Waals surface area contributed by atoms with Crippen LogP contribution in [0.4, 0.5) is 5.69 Å². The maximum Gasteiger partial charge on any atom is 0.331 e. The molecule has 0 amide bonds. The number of hydrogen-bond donors (Lipinski definition) is 0. The Kier molecular flexibility index (Phi) is 5.46. The quantitative estimate of drug-likeness (QED) is 0.444. The van der Waals surface area contributed by atoms with E-state index in [2.05, 4.69) is 0 Å². The maximum atomic E-state index is 12.5. The zero-order valence-corrected chi connectivity index (χ0v) is 15.8. The van der Waals surface area contributed by atoms with Gasteiger partial charge >= 0.3 is 5.69 Å². The second-order valence-corrected chi connectivity index (χ2v) is 7.39. The Balaban J connectivity index is 2.25. The SMILES string of the molecule is Cc1cc(=O)n(C)c(=O)n1[C@H](C)C[N+](C)(C)Cc1cccc([N+](=O)[O-])c1. The van der Waals surface area contributed by atoms with Crippen LogP contribution in [0.1, 0.15) is 24.2 Å². The van der Waals surface area contributed by atoms with E-state index >= 15 is 0 Å². The highest BCUT2D eigenvalue weighted by molar-refractivity contribution is 5.33. The van der Waals surface area contributed by atoms with Crippen molar-refractivity contribution in [1.82, 2.24) is 9.13 Å². The van der Waals surface area contributed by atoms with Crippen LogP contribution in [0.2, 0.25) is 0 Å². The van der Waals surface area contributed by atoms with Gasteiger partial charge in [-0.3, -0.25) is 24.0 Å². The summed E-state index contributed by atoms with van der Waals surface area (Å²) in [5.74, 6) is 0. The van der Waals surface area contributed by atoms with Crippen LogP contribution in [0, 0.1) is 17.0 Å². The molecule has 0 bridgehead atoms. The van der Waals surface area contributed by atoms with E-state index in [1.165, 1.54) is 19.2 Å². The van der Waals surface area contributed by atoms with Gasteiger partial charge in [0.25, 0.3) is 11.2 Å². The molecule has 2 rings (SSSR count). The highest BCUT2D eigenvalue weighted by Crippen LogP contribution is 2.19. The van der Waals surface area contributed by atoms with Gasteiger partial charge in [-0.2, -0.15) is 0 Å². The molecule has 140 valence electrons. The van der Waals surface area contributed by atoms with Gasteiger partial charge in [0.1, 0.15) is 6.54 Å². The first kappa shape index (κ1) is 19.6. The third-order valence-corrected chi connectivity index (χ3v) is 4.47. The smallest absolute Gasteiger partial charge is 0.323 e. The van der Waals surface area contributed by atoms with Crippen LogP contribution in [0.3, 0.4) is 0 Å². The Morgan fingerprint density at radius 2 is 1.88 bits per heavy atom. The predicted octanol–water partition coefficient (Wildman–Crippen LogP) is 1.60. The monoisotopic (exact) mass is 361 g/mol. The average Bonchev–Trinajstić information content (AvgIpc) is 2.51. The lowest BCUT2D eigenvalue weighted by Gasteiger charge is -2.33. The van der Waals surface area contributed by atoms with Crippen LogP contribution in [0.25, 0.3) is 0 Å². The molecular weight excluding hydrogens is 336 g/mol. The Morgan fingerprint density at radius 3 is 2.50 bits per heavy atom. The van der Waals surface area contributed by atoms with E-state index in [4.69, 9.17) is 0 Å². The lowest BCUT2D eigenvalue weighted by atomic mass is 10.1. The second kappa shape index (κ2) is 7.25. The van der Waals surface area contributed by atoms with Gasteiger partial charge in [-0.05, 0) is 13.8 Å². The molecule has 1 atom stereocenters. The molecule has 1 aromatic heterocycles. The molecule has 1 heterocycles. The number of quaternary nitrogens is 1. The minimum Gasteiger partial charge on any atom is -0.323 e. The molecule has 0 aliphatic carbocycles. The topological polar surface area (TPSA) is 87.1 Å². The van der Waals surface area contributed by atoms with Crippen molar-refractivity contribution < 1.29 is 9.41 Å². The zero-order valence-electron chi connectivity index (χ0n) is 15.8. The minimum absolute atomic E-state index is 0.0701. The summed E-state index contributed by atoms with van der Waals surface area (Å²) < 4.78 is 3.26. The number of rotatable bonds is 6. The number of aryl methyl sites for hydroxylation is 1. The van der Waals surface area contributed by atoms with Crippen molar-refractivity contribution in [3.63, 3.8) is 0 Å². The van der Waals surface area contributed by atoms with Crippen molar-refractivity contribution in [2.24, 2.45) is 7.05 Å². The first-order valence-electron chi connectivity index (χ1n) is 8.36. The summed E-state index contributed by atoms with van der Waals surface area (Å²) in [5, 5.41) is 11.0. The van der Waals surface area contributed by atoms with E-state index in [0.29, 0.717) is 23.3 Å². The highest BCUT2D eigenvalue weighted by atomic mass is 16.6. The van der Waals surface area contributed by atoms with Crippen LogP contribution < -0.4 is 11.2 Å². The fourth-order valence-electron chi connectivity index (χ4n) is 3.41. The first-order valence-corrected chi connectivity index (χ1v) is 8.36. The molecule has 0 radical (unpaired) electrons. The molecule has 0 fully saturated rings. The summed E-state index contributed by atoms with van der Waals surface area (Å²) in [4.78, 5) is 34.7. The van der Waals surface area contributed by atoms with E-state index in [1.807, 2.05) is 27.1 Å². The van der Waals surface area contributed by atoms with Crippen LogP contribution >= 0.6 is 0 Å². The number of likely N-dealkylation sites (N-methyl/N-ethyl adjacent to an activating group) is 1.